The maximum Gasteiger partial charge on any atom is 0.0401 e. The van der Waals surface area contributed by atoms with E-state index < -0.39 is 0 Å². The molecule has 3 aromatic rings. The van der Waals surface area contributed by atoms with Crippen molar-refractivity contribution in [2.45, 2.75) is 51.1 Å². The van der Waals surface area contributed by atoms with Gasteiger partial charge in [-0.3, -0.25) is 4.98 Å². The van der Waals surface area contributed by atoms with Crippen molar-refractivity contribution in [2.75, 3.05) is 4.90 Å². The Morgan fingerprint density at radius 3 is 2.58 bits per heavy atom. The van der Waals surface area contributed by atoms with Crippen molar-refractivity contribution in [1.82, 2.24) is 4.98 Å². The van der Waals surface area contributed by atoms with Crippen LogP contribution in [0, 0.1) is 0 Å². The zero-order valence-corrected chi connectivity index (χ0v) is 16.2. The summed E-state index contributed by atoms with van der Waals surface area (Å²) in [6.07, 6.45) is 10.1. The predicted octanol–water partition coefficient (Wildman–Crippen LogP) is 6.04. The molecule has 0 amide bonds. The van der Waals surface area contributed by atoms with Gasteiger partial charge in [-0.15, -0.1) is 12.4 Å². The van der Waals surface area contributed by atoms with Gasteiger partial charge in [-0.05, 0) is 67.5 Å². The van der Waals surface area contributed by atoms with Crippen LogP contribution in [-0.2, 0) is 6.42 Å². The van der Waals surface area contributed by atoms with Gasteiger partial charge < -0.3 is 4.90 Å². The Morgan fingerprint density at radius 2 is 1.73 bits per heavy atom. The van der Waals surface area contributed by atoms with Crippen LogP contribution in [0.15, 0.2) is 67.0 Å². The van der Waals surface area contributed by atoms with E-state index in [1.807, 2.05) is 12.4 Å². The summed E-state index contributed by atoms with van der Waals surface area (Å²) >= 11 is 0. The number of rotatable bonds is 4. The van der Waals surface area contributed by atoms with Gasteiger partial charge >= 0.3 is 0 Å². The molecule has 1 aliphatic heterocycles. The summed E-state index contributed by atoms with van der Waals surface area (Å²) in [7, 11) is 0. The molecule has 0 bridgehead atoms. The second-order valence-corrected chi connectivity index (χ2v) is 7.22. The Labute approximate surface area is 162 Å². The number of anilines is 1. The van der Waals surface area contributed by atoms with Gasteiger partial charge in [0.1, 0.15) is 0 Å². The van der Waals surface area contributed by atoms with Gasteiger partial charge in [-0.1, -0.05) is 42.5 Å². The van der Waals surface area contributed by atoms with Crippen molar-refractivity contribution < 1.29 is 0 Å². The lowest BCUT2D eigenvalue weighted by Gasteiger charge is -2.42. The summed E-state index contributed by atoms with van der Waals surface area (Å²) in [4.78, 5) is 6.83. The second-order valence-electron chi connectivity index (χ2n) is 7.22. The van der Waals surface area contributed by atoms with Gasteiger partial charge in [0.15, 0.2) is 0 Å². The molecule has 2 heterocycles. The van der Waals surface area contributed by atoms with E-state index >= 15 is 0 Å². The lowest BCUT2D eigenvalue weighted by Crippen LogP contribution is -2.45. The van der Waals surface area contributed by atoms with Crippen LogP contribution in [0.1, 0.15) is 38.2 Å². The number of fused-ring (bicyclic) bond motifs is 1. The van der Waals surface area contributed by atoms with E-state index in [9.17, 15) is 0 Å². The fraction of sp³-hybridized carbons (Fsp3) is 0.348. The van der Waals surface area contributed by atoms with Gasteiger partial charge in [0.05, 0.1) is 0 Å². The summed E-state index contributed by atoms with van der Waals surface area (Å²) in [5, 5.41) is 2.76. The van der Waals surface area contributed by atoms with E-state index in [0.717, 1.165) is 6.42 Å². The lowest BCUT2D eigenvalue weighted by molar-refractivity contribution is 0.381. The molecule has 0 N–H and O–H groups in total. The second kappa shape index (κ2) is 8.55. The fourth-order valence-corrected chi connectivity index (χ4v) is 4.38. The summed E-state index contributed by atoms with van der Waals surface area (Å²) in [5.74, 6) is 0. The van der Waals surface area contributed by atoms with Crippen LogP contribution in [-0.4, -0.2) is 17.1 Å². The first-order valence-corrected chi connectivity index (χ1v) is 9.48. The number of aromatic nitrogens is 1. The van der Waals surface area contributed by atoms with Gasteiger partial charge in [0.25, 0.3) is 0 Å². The standard InChI is InChI=1S/C23H26N2.ClH/c1-18-6-4-10-21(25(18)22-14-16-24-17-15-22)13-12-20-9-5-8-19-7-2-3-11-23(19)20;/h2-3,5,7-9,11,14-18,21H,4,6,10,12-13H2,1H3;1H. The third kappa shape index (κ3) is 3.86. The Kier molecular flexibility index (Phi) is 6.16. The summed E-state index contributed by atoms with van der Waals surface area (Å²) in [5.41, 5.74) is 2.80. The molecule has 0 saturated carbocycles. The van der Waals surface area contributed by atoms with Crippen LogP contribution in [0.2, 0.25) is 0 Å². The van der Waals surface area contributed by atoms with Crippen LogP contribution < -0.4 is 4.90 Å². The minimum atomic E-state index is 0. The average molecular weight is 367 g/mol. The topological polar surface area (TPSA) is 16.1 Å². The minimum absolute atomic E-state index is 0. The lowest BCUT2D eigenvalue weighted by atomic mass is 9.90. The van der Waals surface area contributed by atoms with Crippen LogP contribution in [0.25, 0.3) is 10.8 Å². The SMILES string of the molecule is CC1CCCC(CCc2cccc3ccccc23)N1c1ccncc1.Cl. The summed E-state index contributed by atoms with van der Waals surface area (Å²) < 4.78 is 0. The molecule has 1 aromatic heterocycles. The molecule has 2 nitrogen and oxygen atoms in total. The number of aryl methyl sites for hydroxylation is 1. The van der Waals surface area contributed by atoms with E-state index in [1.165, 1.54) is 47.7 Å². The maximum atomic E-state index is 4.19. The van der Waals surface area contributed by atoms with Gasteiger partial charge in [-0.2, -0.15) is 0 Å². The zero-order valence-electron chi connectivity index (χ0n) is 15.3. The van der Waals surface area contributed by atoms with Crippen molar-refractivity contribution >= 4 is 28.9 Å². The average Bonchev–Trinajstić information content (AvgIpc) is 2.67. The maximum absolute atomic E-state index is 4.19. The van der Waals surface area contributed by atoms with E-state index in [-0.39, 0.29) is 12.4 Å². The number of hydrogen-bond donors (Lipinski definition) is 0. The number of benzene rings is 2. The molecule has 2 atom stereocenters. The Bertz CT molecular complexity index is 828. The molecule has 3 heteroatoms. The first kappa shape index (κ1) is 18.7. The van der Waals surface area contributed by atoms with Crippen LogP contribution >= 0.6 is 12.4 Å². The molecule has 26 heavy (non-hydrogen) atoms. The molecule has 2 unspecified atom stereocenters. The first-order chi connectivity index (χ1) is 12.3. The smallest absolute Gasteiger partial charge is 0.0401 e. The zero-order chi connectivity index (χ0) is 17.1. The van der Waals surface area contributed by atoms with E-state index in [2.05, 4.69) is 71.4 Å². The quantitative estimate of drug-likeness (QED) is 0.559. The molecular formula is C23H27ClN2. The van der Waals surface area contributed by atoms with E-state index in [0.29, 0.717) is 12.1 Å². The molecular weight excluding hydrogens is 340 g/mol. The first-order valence-electron chi connectivity index (χ1n) is 9.48. The molecule has 136 valence electrons. The molecule has 1 saturated heterocycles. The van der Waals surface area contributed by atoms with E-state index in [4.69, 9.17) is 0 Å². The predicted molar refractivity (Wildman–Crippen MR) is 113 cm³/mol. The van der Waals surface area contributed by atoms with E-state index in [1.54, 1.807) is 0 Å². The van der Waals surface area contributed by atoms with Crippen molar-refractivity contribution in [2.24, 2.45) is 0 Å². The summed E-state index contributed by atoms with van der Waals surface area (Å²) in [6.45, 7) is 2.37. The van der Waals surface area contributed by atoms with Gasteiger partial charge in [-0.25, -0.2) is 0 Å². The molecule has 0 radical (unpaired) electrons. The van der Waals surface area contributed by atoms with Crippen molar-refractivity contribution in [3.05, 3.63) is 72.6 Å². The third-order valence-corrected chi connectivity index (χ3v) is 5.62. The molecule has 1 aliphatic rings. The highest BCUT2D eigenvalue weighted by atomic mass is 35.5. The Morgan fingerprint density at radius 1 is 0.962 bits per heavy atom. The minimum Gasteiger partial charge on any atom is -0.366 e. The van der Waals surface area contributed by atoms with Gasteiger partial charge in [0, 0.05) is 30.2 Å². The molecule has 4 rings (SSSR count). The number of pyridine rings is 1. The molecule has 0 aliphatic carbocycles. The molecule has 2 aromatic carbocycles. The molecule has 0 spiro atoms. The number of piperidine rings is 1. The Balaban J connectivity index is 0.00000196. The molecule has 1 fully saturated rings. The van der Waals surface area contributed by atoms with Crippen molar-refractivity contribution in [3.8, 4) is 0 Å². The fourth-order valence-electron chi connectivity index (χ4n) is 4.38. The monoisotopic (exact) mass is 366 g/mol. The number of nitrogens with zero attached hydrogens (tertiary/aromatic N) is 2. The highest BCUT2D eigenvalue weighted by Crippen LogP contribution is 2.31. The third-order valence-electron chi connectivity index (χ3n) is 5.62. The number of hydrogen-bond acceptors (Lipinski definition) is 2. The Hall–Kier alpha value is -2.06. The van der Waals surface area contributed by atoms with Crippen molar-refractivity contribution in [3.63, 3.8) is 0 Å². The van der Waals surface area contributed by atoms with Gasteiger partial charge in [0.2, 0.25) is 0 Å². The number of halogens is 1. The highest BCUT2D eigenvalue weighted by molar-refractivity contribution is 5.86. The van der Waals surface area contributed by atoms with Crippen LogP contribution in [0.5, 0.6) is 0 Å². The summed E-state index contributed by atoms with van der Waals surface area (Å²) in [6, 6.07) is 21.0. The van der Waals surface area contributed by atoms with Crippen LogP contribution in [0.3, 0.4) is 0 Å². The highest BCUT2D eigenvalue weighted by Gasteiger charge is 2.27. The normalized spacial score (nSPS) is 20.0. The largest absolute Gasteiger partial charge is 0.366 e. The van der Waals surface area contributed by atoms with Crippen LogP contribution in [0.4, 0.5) is 5.69 Å². The van der Waals surface area contributed by atoms with Crippen molar-refractivity contribution in [1.29, 1.82) is 0 Å².